The van der Waals surface area contributed by atoms with Crippen LogP contribution in [0.3, 0.4) is 0 Å². The van der Waals surface area contributed by atoms with Gasteiger partial charge in [0.1, 0.15) is 5.75 Å². The number of rotatable bonds is 9. The highest BCUT2D eigenvalue weighted by Crippen LogP contribution is 2.28. The molecule has 0 heterocycles. The van der Waals surface area contributed by atoms with Crippen molar-refractivity contribution >= 4 is 11.8 Å². The lowest BCUT2D eigenvalue weighted by Gasteiger charge is -2.23. The van der Waals surface area contributed by atoms with Crippen LogP contribution < -0.4 is 10.1 Å². The van der Waals surface area contributed by atoms with Crippen LogP contribution in [0.5, 0.6) is 5.75 Å². The molecule has 27 heavy (non-hydrogen) atoms. The summed E-state index contributed by atoms with van der Waals surface area (Å²) in [6, 6.07) is 17.8. The van der Waals surface area contributed by atoms with Crippen molar-refractivity contribution in [3.8, 4) is 5.75 Å². The van der Waals surface area contributed by atoms with Crippen molar-refractivity contribution in [1.29, 1.82) is 0 Å². The second-order valence-corrected chi connectivity index (χ2v) is 6.80. The first-order valence-corrected chi connectivity index (χ1v) is 9.47. The second-order valence-electron chi connectivity index (χ2n) is 6.80. The Morgan fingerprint density at radius 2 is 1.70 bits per heavy atom. The Hall–Kier alpha value is -2.82. The van der Waals surface area contributed by atoms with Crippen molar-refractivity contribution < 1.29 is 14.3 Å². The molecule has 2 amide bonds. The molecular formula is C22H26N2O3. The predicted molar refractivity (Wildman–Crippen MR) is 104 cm³/mol. The molecule has 1 aliphatic rings. The Morgan fingerprint density at radius 3 is 2.33 bits per heavy atom. The normalized spacial score (nSPS) is 13.1. The number of para-hydroxylation sites is 1. The van der Waals surface area contributed by atoms with Gasteiger partial charge in [0.05, 0.1) is 6.54 Å². The fourth-order valence-corrected chi connectivity index (χ4v) is 2.88. The van der Waals surface area contributed by atoms with E-state index < -0.39 is 0 Å². The SMILES string of the molecule is CCc1ccc(CN(C(=O)CNC(=O)COc2ccccc2)C2CC2)cc1. The number of aryl methyl sites for hydroxylation is 1. The number of hydrogen-bond acceptors (Lipinski definition) is 3. The maximum atomic E-state index is 12.6. The van der Waals surface area contributed by atoms with Crippen molar-refractivity contribution in [1.82, 2.24) is 10.2 Å². The monoisotopic (exact) mass is 366 g/mol. The van der Waals surface area contributed by atoms with E-state index in [1.807, 2.05) is 23.1 Å². The quantitative estimate of drug-likeness (QED) is 0.742. The van der Waals surface area contributed by atoms with Crippen molar-refractivity contribution in [2.45, 2.75) is 38.8 Å². The Bertz CT molecular complexity index is 755. The van der Waals surface area contributed by atoms with Crippen molar-refractivity contribution in [3.63, 3.8) is 0 Å². The third kappa shape index (κ3) is 5.84. The van der Waals surface area contributed by atoms with Crippen LogP contribution in [0.2, 0.25) is 0 Å². The van der Waals surface area contributed by atoms with E-state index in [4.69, 9.17) is 4.74 Å². The number of ether oxygens (including phenoxy) is 1. The van der Waals surface area contributed by atoms with Crippen LogP contribution in [-0.2, 0) is 22.6 Å². The number of amides is 2. The fourth-order valence-electron chi connectivity index (χ4n) is 2.88. The van der Waals surface area contributed by atoms with Crippen LogP contribution in [0.4, 0.5) is 0 Å². The Labute approximate surface area is 160 Å². The molecule has 1 saturated carbocycles. The molecule has 3 rings (SSSR count). The molecule has 0 bridgehead atoms. The van der Waals surface area contributed by atoms with Crippen LogP contribution in [0.25, 0.3) is 0 Å². The van der Waals surface area contributed by atoms with E-state index in [1.54, 1.807) is 12.1 Å². The molecular weight excluding hydrogens is 340 g/mol. The number of carbonyl (C=O) groups excluding carboxylic acids is 2. The largest absolute Gasteiger partial charge is 0.484 e. The Kier molecular flexibility index (Phi) is 6.47. The molecule has 0 saturated heterocycles. The minimum atomic E-state index is -0.296. The van der Waals surface area contributed by atoms with Gasteiger partial charge in [0.2, 0.25) is 5.91 Å². The van der Waals surface area contributed by atoms with Crippen LogP contribution in [0.1, 0.15) is 30.9 Å². The van der Waals surface area contributed by atoms with Gasteiger partial charge in [0.15, 0.2) is 6.61 Å². The summed E-state index contributed by atoms with van der Waals surface area (Å²) in [7, 11) is 0. The van der Waals surface area contributed by atoms with Gasteiger partial charge in [0.25, 0.3) is 5.91 Å². The lowest BCUT2D eigenvalue weighted by Crippen LogP contribution is -2.42. The molecule has 1 fully saturated rings. The number of benzene rings is 2. The van der Waals surface area contributed by atoms with E-state index in [0.29, 0.717) is 18.3 Å². The molecule has 2 aromatic carbocycles. The molecule has 0 aliphatic heterocycles. The summed E-state index contributed by atoms with van der Waals surface area (Å²) < 4.78 is 5.40. The van der Waals surface area contributed by atoms with Gasteiger partial charge in [0, 0.05) is 12.6 Å². The van der Waals surface area contributed by atoms with E-state index in [1.165, 1.54) is 5.56 Å². The van der Waals surface area contributed by atoms with E-state index in [9.17, 15) is 9.59 Å². The summed E-state index contributed by atoms with van der Waals surface area (Å²) in [5.41, 5.74) is 2.40. The molecule has 0 atom stereocenters. The maximum absolute atomic E-state index is 12.6. The lowest BCUT2D eigenvalue weighted by atomic mass is 10.1. The van der Waals surface area contributed by atoms with Gasteiger partial charge in [-0.25, -0.2) is 0 Å². The topological polar surface area (TPSA) is 58.6 Å². The van der Waals surface area contributed by atoms with E-state index in [-0.39, 0.29) is 25.0 Å². The van der Waals surface area contributed by atoms with Gasteiger partial charge in [-0.05, 0) is 42.5 Å². The minimum Gasteiger partial charge on any atom is -0.484 e. The van der Waals surface area contributed by atoms with E-state index in [2.05, 4.69) is 36.5 Å². The van der Waals surface area contributed by atoms with E-state index in [0.717, 1.165) is 24.8 Å². The van der Waals surface area contributed by atoms with Gasteiger partial charge in [-0.3, -0.25) is 9.59 Å². The molecule has 142 valence electrons. The number of nitrogens with one attached hydrogen (secondary N) is 1. The minimum absolute atomic E-state index is 0.000522. The summed E-state index contributed by atoms with van der Waals surface area (Å²) in [5.74, 6) is 0.287. The molecule has 2 aromatic rings. The molecule has 5 heteroatoms. The lowest BCUT2D eigenvalue weighted by molar-refractivity contribution is -0.134. The molecule has 1 N–H and O–H groups in total. The highest BCUT2D eigenvalue weighted by molar-refractivity contribution is 5.85. The average molecular weight is 366 g/mol. The zero-order chi connectivity index (χ0) is 19.1. The fraction of sp³-hybridized carbons (Fsp3) is 0.364. The average Bonchev–Trinajstić information content (AvgIpc) is 3.55. The van der Waals surface area contributed by atoms with Gasteiger partial charge in [-0.2, -0.15) is 0 Å². The number of nitrogens with zero attached hydrogens (tertiary/aromatic N) is 1. The van der Waals surface area contributed by atoms with Gasteiger partial charge in [-0.15, -0.1) is 0 Å². The van der Waals surface area contributed by atoms with Crippen molar-refractivity contribution in [2.75, 3.05) is 13.2 Å². The molecule has 0 spiro atoms. The molecule has 0 radical (unpaired) electrons. The van der Waals surface area contributed by atoms with Gasteiger partial charge in [-0.1, -0.05) is 49.4 Å². The van der Waals surface area contributed by atoms with E-state index >= 15 is 0 Å². The first kappa shape index (κ1) is 19.0. The van der Waals surface area contributed by atoms with Crippen LogP contribution in [0, 0.1) is 0 Å². The summed E-state index contributed by atoms with van der Waals surface area (Å²) >= 11 is 0. The zero-order valence-electron chi connectivity index (χ0n) is 15.7. The summed E-state index contributed by atoms with van der Waals surface area (Å²) in [6.07, 6.45) is 3.07. The smallest absolute Gasteiger partial charge is 0.258 e. The number of hydrogen-bond donors (Lipinski definition) is 1. The first-order valence-electron chi connectivity index (χ1n) is 9.47. The molecule has 0 unspecified atom stereocenters. The standard InChI is InChI=1S/C22H26N2O3/c1-2-17-8-10-18(11-9-17)15-24(19-12-13-19)22(26)14-23-21(25)16-27-20-6-4-3-5-7-20/h3-11,19H,2,12-16H2,1H3,(H,23,25). The van der Waals surface area contributed by atoms with Gasteiger partial charge < -0.3 is 15.0 Å². The summed E-state index contributed by atoms with van der Waals surface area (Å²) in [4.78, 5) is 26.4. The third-order valence-corrected chi connectivity index (χ3v) is 4.64. The molecule has 5 nitrogen and oxygen atoms in total. The van der Waals surface area contributed by atoms with Crippen molar-refractivity contribution in [3.05, 3.63) is 65.7 Å². The molecule has 1 aliphatic carbocycles. The van der Waals surface area contributed by atoms with Crippen LogP contribution >= 0.6 is 0 Å². The molecule has 0 aromatic heterocycles. The summed E-state index contributed by atoms with van der Waals surface area (Å²) in [6.45, 7) is 2.61. The number of carbonyl (C=O) groups is 2. The Balaban J connectivity index is 1.47. The highest BCUT2D eigenvalue weighted by atomic mass is 16.5. The second kappa shape index (κ2) is 9.21. The summed E-state index contributed by atoms with van der Waals surface area (Å²) in [5, 5.41) is 2.66. The van der Waals surface area contributed by atoms with Crippen molar-refractivity contribution in [2.24, 2.45) is 0 Å². The maximum Gasteiger partial charge on any atom is 0.258 e. The third-order valence-electron chi connectivity index (χ3n) is 4.64. The highest BCUT2D eigenvalue weighted by Gasteiger charge is 2.32. The van der Waals surface area contributed by atoms with Crippen LogP contribution in [-0.4, -0.2) is 35.9 Å². The zero-order valence-corrected chi connectivity index (χ0v) is 15.7. The Morgan fingerprint density at radius 1 is 1.04 bits per heavy atom. The van der Waals surface area contributed by atoms with Crippen LogP contribution in [0.15, 0.2) is 54.6 Å². The predicted octanol–water partition coefficient (Wildman–Crippen LogP) is 2.94. The first-order chi connectivity index (χ1) is 13.2. The van der Waals surface area contributed by atoms with Gasteiger partial charge >= 0.3 is 0 Å².